The Morgan fingerprint density at radius 2 is 2.00 bits per heavy atom. The molecule has 26 heavy (non-hydrogen) atoms. The van der Waals surface area contributed by atoms with Crippen LogP contribution in [0.1, 0.15) is 48.9 Å². The molecule has 2 aliphatic rings. The molecule has 0 radical (unpaired) electrons. The van der Waals surface area contributed by atoms with Gasteiger partial charge in [0.15, 0.2) is 0 Å². The zero-order valence-corrected chi connectivity index (χ0v) is 15.3. The molecule has 0 bridgehead atoms. The number of nitriles is 1. The van der Waals surface area contributed by atoms with Gasteiger partial charge in [0, 0.05) is 26.1 Å². The summed E-state index contributed by atoms with van der Waals surface area (Å²) in [5.41, 5.74) is 0.469. The second-order valence-electron chi connectivity index (χ2n) is 7.29. The molecule has 2 aromatic heterocycles. The minimum atomic E-state index is 0.348. The molecular weight excluding hydrogens is 326 g/mol. The number of hydrogen-bond donors (Lipinski definition) is 0. The van der Waals surface area contributed by atoms with Crippen LogP contribution in [-0.2, 0) is 13.6 Å². The van der Waals surface area contributed by atoms with Crippen LogP contribution in [0.5, 0.6) is 0 Å². The van der Waals surface area contributed by atoms with Crippen molar-refractivity contribution in [3.05, 3.63) is 35.5 Å². The van der Waals surface area contributed by atoms with Gasteiger partial charge in [0.05, 0.1) is 6.54 Å². The molecule has 0 saturated carbocycles. The predicted molar refractivity (Wildman–Crippen MR) is 98.7 cm³/mol. The Morgan fingerprint density at radius 3 is 2.81 bits per heavy atom. The van der Waals surface area contributed by atoms with Crippen LogP contribution in [0.15, 0.2) is 18.2 Å². The van der Waals surface area contributed by atoms with Gasteiger partial charge in [-0.15, -0.1) is 10.2 Å². The molecule has 0 amide bonds. The molecule has 136 valence electrons. The first-order chi connectivity index (χ1) is 12.7. The maximum Gasteiger partial charge on any atom is 0.146 e. The lowest BCUT2D eigenvalue weighted by Crippen LogP contribution is -2.36. The topological polar surface area (TPSA) is 73.9 Å². The third kappa shape index (κ3) is 3.42. The van der Waals surface area contributed by atoms with E-state index in [4.69, 9.17) is 5.26 Å². The summed E-state index contributed by atoms with van der Waals surface area (Å²) in [6.07, 6.45) is 4.79. The summed E-state index contributed by atoms with van der Waals surface area (Å²) in [5, 5.41) is 18.1. The quantitative estimate of drug-likeness (QED) is 0.839. The van der Waals surface area contributed by atoms with E-state index in [1.54, 1.807) is 6.07 Å². The molecule has 4 rings (SSSR count). The Bertz CT molecular complexity index is 800. The first-order valence-electron chi connectivity index (χ1n) is 9.47. The summed E-state index contributed by atoms with van der Waals surface area (Å²) in [6, 6.07) is 7.76. The van der Waals surface area contributed by atoms with Crippen LogP contribution in [0.3, 0.4) is 0 Å². The summed E-state index contributed by atoms with van der Waals surface area (Å²) < 4.78 is 2.19. The predicted octanol–water partition coefficient (Wildman–Crippen LogP) is 2.06. The number of aromatic nitrogens is 4. The molecule has 2 aliphatic heterocycles. The number of piperidine rings is 1. The van der Waals surface area contributed by atoms with E-state index in [9.17, 15) is 0 Å². The van der Waals surface area contributed by atoms with Gasteiger partial charge in [-0.25, -0.2) is 4.98 Å². The number of rotatable bonds is 4. The molecule has 4 heterocycles. The second kappa shape index (κ2) is 7.42. The monoisotopic (exact) mass is 351 g/mol. The van der Waals surface area contributed by atoms with E-state index in [0.29, 0.717) is 11.6 Å². The summed E-state index contributed by atoms with van der Waals surface area (Å²) in [4.78, 5) is 9.18. The molecular formula is C19H25N7. The van der Waals surface area contributed by atoms with Crippen molar-refractivity contribution in [2.75, 3.05) is 31.1 Å². The Kier molecular flexibility index (Phi) is 4.85. The highest BCUT2D eigenvalue weighted by molar-refractivity contribution is 5.42. The van der Waals surface area contributed by atoms with Crippen molar-refractivity contribution < 1.29 is 0 Å². The molecule has 0 aromatic carbocycles. The number of pyridine rings is 1. The van der Waals surface area contributed by atoms with Crippen molar-refractivity contribution in [1.82, 2.24) is 24.6 Å². The van der Waals surface area contributed by atoms with E-state index in [2.05, 4.69) is 42.7 Å². The smallest absolute Gasteiger partial charge is 0.146 e. The Hall–Kier alpha value is -2.46. The number of nitrogens with zero attached hydrogens (tertiary/aromatic N) is 7. The highest BCUT2D eigenvalue weighted by Gasteiger charge is 2.27. The van der Waals surface area contributed by atoms with Crippen LogP contribution in [0.25, 0.3) is 0 Å². The third-order valence-corrected chi connectivity index (χ3v) is 5.52. The fourth-order valence-electron chi connectivity index (χ4n) is 4.07. The Balaban J connectivity index is 1.49. The van der Waals surface area contributed by atoms with Gasteiger partial charge in [-0.1, -0.05) is 6.07 Å². The van der Waals surface area contributed by atoms with Gasteiger partial charge in [-0.05, 0) is 50.9 Å². The summed E-state index contributed by atoms with van der Waals surface area (Å²) in [5.74, 6) is 3.36. The Labute approximate surface area is 154 Å². The SMILES string of the molecule is Cn1c(CN2CCCC2)nnc1C1CCCN(c2cccc(C#N)n2)C1. The first kappa shape index (κ1) is 17.0. The fraction of sp³-hybridized carbons (Fsp3) is 0.579. The van der Waals surface area contributed by atoms with Crippen LogP contribution >= 0.6 is 0 Å². The minimum Gasteiger partial charge on any atom is -0.356 e. The Morgan fingerprint density at radius 1 is 1.15 bits per heavy atom. The molecule has 0 N–H and O–H groups in total. The lowest BCUT2D eigenvalue weighted by atomic mass is 9.97. The van der Waals surface area contributed by atoms with Crippen LogP contribution < -0.4 is 4.90 Å². The maximum absolute atomic E-state index is 9.09. The lowest BCUT2D eigenvalue weighted by molar-refractivity contribution is 0.317. The van der Waals surface area contributed by atoms with Crippen molar-refractivity contribution >= 4 is 5.82 Å². The highest BCUT2D eigenvalue weighted by Crippen LogP contribution is 2.28. The molecule has 2 saturated heterocycles. The molecule has 1 unspecified atom stereocenters. The van der Waals surface area contributed by atoms with Crippen LogP contribution in [0.2, 0.25) is 0 Å². The number of likely N-dealkylation sites (tertiary alicyclic amines) is 1. The normalized spacial score (nSPS) is 21.1. The molecule has 2 fully saturated rings. The molecule has 0 spiro atoms. The summed E-state index contributed by atoms with van der Waals surface area (Å²) in [6.45, 7) is 5.07. The van der Waals surface area contributed by atoms with Gasteiger partial charge in [-0.3, -0.25) is 4.90 Å². The highest BCUT2D eigenvalue weighted by atomic mass is 15.3. The van der Waals surface area contributed by atoms with Crippen LogP contribution in [0, 0.1) is 11.3 Å². The van der Waals surface area contributed by atoms with Crippen molar-refractivity contribution in [3.63, 3.8) is 0 Å². The van der Waals surface area contributed by atoms with Gasteiger partial charge in [0.25, 0.3) is 0 Å². The number of hydrogen-bond acceptors (Lipinski definition) is 6. The van der Waals surface area contributed by atoms with Gasteiger partial charge in [-0.2, -0.15) is 5.26 Å². The van der Waals surface area contributed by atoms with E-state index in [0.717, 1.165) is 49.9 Å². The zero-order chi connectivity index (χ0) is 17.9. The van der Waals surface area contributed by atoms with E-state index >= 15 is 0 Å². The van der Waals surface area contributed by atoms with Gasteiger partial charge >= 0.3 is 0 Å². The minimum absolute atomic E-state index is 0.348. The van der Waals surface area contributed by atoms with E-state index < -0.39 is 0 Å². The van der Waals surface area contributed by atoms with Crippen LogP contribution in [-0.4, -0.2) is 50.8 Å². The average Bonchev–Trinajstić information content (AvgIpc) is 3.33. The van der Waals surface area contributed by atoms with Crippen molar-refractivity contribution in [2.45, 2.75) is 38.1 Å². The largest absolute Gasteiger partial charge is 0.356 e. The molecule has 7 heteroatoms. The molecule has 2 aromatic rings. The summed E-state index contributed by atoms with van der Waals surface area (Å²) >= 11 is 0. The maximum atomic E-state index is 9.09. The van der Waals surface area contributed by atoms with Gasteiger partial charge < -0.3 is 9.47 Å². The average molecular weight is 351 g/mol. The molecule has 0 aliphatic carbocycles. The number of anilines is 1. The van der Waals surface area contributed by atoms with E-state index in [1.807, 2.05) is 12.1 Å². The van der Waals surface area contributed by atoms with Crippen LogP contribution in [0.4, 0.5) is 5.82 Å². The molecule has 7 nitrogen and oxygen atoms in total. The van der Waals surface area contributed by atoms with Gasteiger partial charge in [0.1, 0.15) is 29.2 Å². The third-order valence-electron chi connectivity index (χ3n) is 5.52. The zero-order valence-electron chi connectivity index (χ0n) is 15.3. The molecule has 1 atom stereocenters. The van der Waals surface area contributed by atoms with Crippen molar-refractivity contribution in [2.24, 2.45) is 7.05 Å². The first-order valence-corrected chi connectivity index (χ1v) is 9.47. The van der Waals surface area contributed by atoms with Gasteiger partial charge in [0.2, 0.25) is 0 Å². The fourth-order valence-corrected chi connectivity index (χ4v) is 4.07. The summed E-state index contributed by atoms with van der Waals surface area (Å²) in [7, 11) is 2.09. The van der Waals surface area contributed by atoms with E-state index in [-0.39, 0.29) is 0 Å². The van der Waals surface area contributed by atoms with Crippen molar-refractivity contribution in [1.29, 1.82) is 5.26 Å². The lowest BCUT2D eigenvalue weighted by Gasteiger charge is -2.33. The standard InChI is InChI=1S/C19H25N7/c1-24-18(14-25-9-2-3-10-25)22-23-19(24)15-6-5-11-26(13-15)17-8-4-7-16(12-20)21-17/h4,7-8,15H,2-3,5-6,9-11,13-14H2,1H3. The second-order valence-corrected chi connectivity index (χ2v) is 7.29. The van der Waals surface area contributed by atoms with E-state index in [1.165, 1.54) is 25.9 Å². The van der Waals surface area contributed by atoms with Crippen molar-refractivity contribution in [3.8, 4) is 6.07 Å².